The lowest BCUT2D eigenvalue weighted by Crippen LogP contribution is -2.16. The average molecular weight is 215 g/mol. The van der Waals surface area contributed by atoms with Crippen molar-refractivity contribution in [3.63, 3.8) is 0 Å². The van der Waals surface area contributed by atoms with Gasteiger partial charge in [0.2, 0.25) is 0 Å². The molecule has 0 aliphatic heterocycles. The molecule has 1 atom stereocenters. The number of phenolic OH excluding ortho intramolecular Hbond substituents is 1. The molecule has 0 radical (unpaired) electrons. The summed E-state index contributed by atoms with van der Waals surface area (Å²) in [7, 11) is 0. The maximum atomic E-state index is 9.15. The smallest absolute Gasteiger partial charge is 0.145 e. The van der Waals surface area contributed by atoms with Crippen molar-refractivity contribution in [2.75, 3.05) is 0 Å². The van der Waals surface area contributed by atoms with Crippen LogP contribution in [0.5, 0.6) is 5.75 Å². The van der Waals surface area contributed by atoms with Crippen LogP contribution in [0.2, 0.25) is 0 Å². The normalized spacial score (nSPS) is 12.3. The molecule has 4 heteroatoms. The molecule has 1 heterocycles. The maximum Gasteiger partial charge on any atom is 0.145 e. The summed E-state index contributed by atoms with van der Waals surface area (Å²) < 4.78 is 0. The second kappa shape index (κ2) is 4.72. The first-order valence-corrected chi connectivity index (χ1v) is 5.06. The van der Waals surface area contributed by atoms with Crippen LogP contribution in [0.3, 0.4) is 0 Å². The lowest BCUT2D eigenvalue weighted by molar-refractivity contribution is 0.475. The van der Waals surface area contributed by atoms with Crippen molar-refractivity contribution in [3.8, 4) is 5.75 Å². The van der Waals surface area contributed by atoms with Gasteiger partial charge in [-0.15, -0.1) is 0 Å². The summed E-state index contributed by atoms with van der Waals surface area (Å²) in [6.07, 6.45) is 4.02. The van der Waals surface area contributed by atoms with Gasteiger partial charge in [0.1, 0.15) is 11.6 Å². The third-order valence-electron chi connectivity index (χ3n) is 2.31. The number of benzene rings is 1. The van der Waals surface area contributed by atoms with E-state index >= 15 is 0 Å². The molecule has 1 aromatic heterocycles. The van der Waals surface area contributed by atoms with E-state index in [4.69, 9.17) is 10.8 Å². The molecule has 2 rings (SSSR count). The molecule has 0 saturated heterocycles. The van der Waals surface area contributed by atoms with Crippen molar-refractivity contribution in [2.24, 2.45) is 5.73 Å². The molecule has 4 nitrogen and oxygen atoms in total. The summed E-state index contributed by atoms with van der Waals surface area (Å²) in [5, 5.41) is 9.15. The minimum atomic E-state index is -0.217. The Bertz CT molecular complexity index is 442. The number of nitrogens with two attached hydrogens (primary N) is 1. The zero-order chi connectivity index (χ0) is 11.4. The van der Waals surface area contributed by atoms with Gasteiger partial charge in [-0.05, 0) is 30.2 Å². The fraction of sp³-hybridized carbons (Fsp3) is 0.167. The fourth-order valence-corrected chi connectivity index (χ4v) is 1.48. The Hall–Kier alpha value is -1.94. The van der Waals surface area contributed by atoms with E-state index in [-0.39, 0.29) is 11.8 Å². The van der Waals surface area contributed by atoms with Gasteiger partial charge in [0.15, 0.2) is 0 Å². The highest BCUT2D eigenvalue weighted by Gasteiger charge is 2.09. The third-order valence-corrected chi connectivity index (χ3v) is 2.31. The van der Waals surface area contributed by atoms with Gasteiger partial charge < -0.3 is 10.8 Å². The predicted molar refractivity (Wildman–Crippen MR) is 60.8 cm³/mol. The van der Waals surface area contributed by atoms with Crippen molar-refractivity contribution < 1.29 is 5.11 Å². The van der Waals surface area contributed by atoms with Crippen molar-refractivity contribution in [3.05, 3.63) is 54.1 Å². The minimum Gasteiger partial charge on any atom is -0.508 e. The first-order chi connectivity index (χ1) is 7.75. The van der Waals surface area contributed by atoms with Crippen molar-refractivity contribution in [2.45, 2.75) is 12.5 Å². The van der Waals surface area contributed by atoms with Crippen molar-refractivity contribution in [1.29, 1.82) is 0 Å². The van der Waals surface area contributed by atoms with E-state index in [1.165, 1.54) is 0 Å². The highest BCUT2D eigenvalue weighted by atomic mass is 16.3. The van der Waals surface area contributed by atoms with E-state index in [2.05, 4.69) is 9.97 Å². The van der Waals surface area contributed by atoms with E-state index < -0.39 is 0 Å². The number of aromatic nitrogens is 2. The molecular formula is C12H13N3O. The monoisotopic (exact) mass is 215 g/mol. The van der Waals surface area contributed by atoms with Crippen molar-refractivity contribution in [1.82, 2.24) is 9.97 Å². The number of hydrogen-bond donors (Lipinski definition) is 2. The molecule has 0 aliphatic rings. The average Bonchev–Trinajstić information content (AvgIpc) is 2.33. The summed E-state index contributed by atoms with van der Waals surface area (Å²) in [4.78, 5) is 8.21. The van der Waals surface area contributed by atoms with E-state index in [1.807, 2.05) is 12.1 Å². The topological polar surface area (TPSA) is 72.0 Å². The Morgan fingerprint density at radius 3 is 2.38 bits per heavy atom. The number of phenols is 1. The van der Waals surface area contributed by atoms with Gasteiger partial charge in [0, 0.05) is 12.4 Å². The van der Waals surface area contributed by atoms with Crippen LogP contribution in [0.4, 0.5) is 0 Å². The van der Waals surface area contributed by atoms with E-state index in [1.54, 1.807) is 30.6 Å². The number of hydrogen-bond acceptors (Lipinski definition) is 4. The molecule has 1 unspecified atom stereocenters. The molecule has 0 amide bonds. The van der Waals surface area contributed by atoms with Crippen LogP contribution in [0.1, 0.15) is 17.4 Å². The highest BCUT2D eigenvalue weighted by molar-refractivity contribution is 5.26. The molecule has 2 aromatic rings. The van der Waals surface area contributed by atoms with E-state index in [0.29, 0.717) is 12.2 Å². The Balaban J connectivity index is 2.08. The van der Waals surface area contributed by atoms with Crippen LogP contribution in [-0.4, -0.2) is 15.1 Å². The summed E-state index contributed by atoms with van der Waals surface area (Å²) >= 11 is 0. The van der Waals surface area contributed by atoms with Gasteiger partial charge in [0.05, 0.1) is 6.04 Å². The molecule has 0 aliphatic carbocycles. The van der Waals surface area contributed by atoms with Crippen LogP contribution in [0.15, 0.2) is 42.7 Å². The molecule has 0 spiro atoms. The molecule has 0 fully saturated rings. The molecule has 16 heavy (non-hydrogen) atoms. The van der Waals surface area contributed by atoms with Gasteiger partial charge in [-0.2, -0.15) is 0 Å². The van der Waals surface area contributed by atoms with Crippen molar-refractivity contribution >= 4 is 0 Å². The van der Waals surface area contributed by atoms with E-state index in [9.17, 15) is 0 Å². The molecule has 3 N–H and O–H groups in total. The maximum absolute atomic E-state index is 9.15. The molecule has 1 aromatic carbocycles. The Morgan fingerprint density at radius 2 is 1.75 bits per heavy atom. The van der Waals surface area contributed by atoms with Gasteiger partial charge in [-0.3, -0.25) is 0 Å². The highest BCUT2D eigenvalue weighted by Crippen LogP contribution is 2.15. The number of nitrogens with zero attached hydrogens (tertiary/aromatic N) is 2. The lowest BCUT2D eigenvalue weighted by Gasteiger charge is -2.09. The molecule has 0 saturated carbocycles. The second-order valence-electron chi connectivity index (χ2n) is 3.58. The number of rotatable bonds is 3. The minimum absolute atomic E-state index is 0.217. The van der Waals surface area contributed by atoms with Gasteiger partial charge in [-0.25, -0.2) is 9.97 Å². The van der Waals surface area contributed by atoms with Crippen LogP contribution in [0, 0.1) is 0 Å². The predicted octanol–water partition coefficient (Wildman–Crippen LogP) is 1.42. The Labute approximate surface area is 93.8 Å². The molecule has 82 valence electrons. The lowest BCUT2D eigenvalue weighted by atomic mass is 10.1. The quantitative estimate of drug-likeness (QED) is 0.812. The van der Waals surface area contributed by atoms with Gasteiger partial charge in [-0.1, -0.05) is 12.1 Å². The Morgan fingerprint density at radius 1 is 1.12 bits per heavy atom. The molecular weight excluding hydrogens is 202 g/mol. The van der Waals surface area contributed by atoms with Crippen LogP contribution in [-0.2, 0) is 6.42 Å². The third kappa shape index (κ3) is 2.55. The first kappa shape index (κ1) is 10.6. The second-order valence-corrected chi connectivity index (χ2v) is 3.58. The van der Waals surface area contributed by atoms with Gasteiger partial charge in [0.25, 0.3) is 0 Å². The van der Waals surface area contributed by atoms with Crippen LogP contribution < -0.4 is 5.73 Å². The summed E-state index contributed by atoms with van der Waals surface area (Å²) in [5.74, 6) is 0.892. The Kier molecular flexibility index (Phi) is 3.12. The number of aromatic hydroxyl groups is 1. The zero-order valence-corrected chi connectivity index (χ0v) is 8.74. The van der Waals surface area contributed by atoms with Crippen LogP contribution >= 0.6 is 0 Å². The zero-order valence-electron chi connectivity index (χ0n) is 8.74. The summed E-state index contributed by atoms with van der Waals surface area (Å²) in [6.45, 7) is 0. The SMILES string of the molecule is NC(Cc1ccc(O)cc1)c1ncccn1. The largest absolute Gasteiger partial charge is 0.508 e. The fourth-order valence-electron chi connectivity index (χ4n) is 1.48. The standard InChI is InChI=1S/C12H13N3O/c13-11(12-14-6-1-7-15-12)8-9-2-4-10(16)5-3-9/h1-7,11,16H,8,13H2. The first-order valence-electron chi connectivity index (χ1n) is 5.06. The summed E-state index contributed by atoms with van der Waals surface area (Å²) in [6, 6.07) is 8.53. The van der Waals surface area contributed by atoms with Crippen LogP contribution in [0.25, 0.3) is 0 Å². The van der Waals surface area contributed by atoms with Gasteiger partial charge >= 0.3 is 0 Å². The summed E-state index contributed by atoms with van der Waals surface area (Å²) in [5.41, 5.74) is 7.03. The van der Waals surface area contributed by atoms with E-state index in [0.717, 1.165) is 5.56 Å². The molecule has 0 bridgehead atoms.